The first-order valence-electron chi connectivity index (χ1n) is 6.39. The number of hydrogen-bond donors (Lipinski definition) is 1. The summed E-state index contributed by atoms with van der Waals surface area (Å²) < 4.78 is 1.96. The SMILES string of the molecule is CC(=O)CN(CCCn1ccnc1)CC(C)C(=O)O. The zero-order valence-electron chi connectivity index (χ0n) is 11.5. The van der Waals surface area contributed by atoms with Gasteiger partial charge in [0.1, 0.15) is 5.78 Å². The van der Waals surface area contributed by atoms with Gasteiger partial charge in [0.25, 0.3) is 0 Å². The van der Waals surface area contributed by atoms with Gasteiger partial charge in [-0.05, 0) is 13.3 Å². The number of carboxylic acids is 1. The average Bonchev–Trinajstić information content (AvgIpc) is 2.80. The molecule has 1 aromatic heterocycles. The second kappa shape index (κ2) is 7.68. The Balaban J connectivity index is 2.40. The first kappa shape index (κ1) is 15.4. The highest BCUT2D eigenvalue weighted by molar-refractivity contribution is 5.77. The van der Waals surface area contributed by atoms with Crippen LogP contribution in [0.15, 0.2) is 18.7 Å². The van der Waals surface area contributed by atoms with Crippen LogP contribution in [-0.2, 0) is 16.1 Å². The fourth-order valence-corrected chi connectivity index (χ4v) is 1.91. The first-order valence-corrected chi connectivity index (χ1v) is 6.39. The molecule has 0 amide bonds. The van der Waals surface area contributed by atoms with Gasteiger partial charge in [-0.1, -0.05) is 6.92 Å². The Kier molecular flexibility index (Phi) is 6.21. The molecular weight excluding hydrogens is 246 g/mol. The van der Waals surface area contributed by atoms with E-state index in [-0.39, 0.29) is 5.78 Å². The maximum atomic E-state index is 11.2. The quantitative estimate of drug-likeness (QED) is 0.719. The number of Topliss-reactive ketones (excluding diaryl/α,β-unsaturated/α-hetero) is 1. The van der Waals surface area contributed by atoms with Gasteiger partial charge in [0, 0.05) is 32.0 Å². The summed E-state index contributed by atoms with van der Waals surface area (Å²) in [6.45, 7) is 5.41. The van der Waals surface area contributed by atoms with Crippen LogP contribution in [-0.4, -0.2) is 50.9 Å². The molecule has 0 fully saturated rings. The van der Waals surface area contributed by atoms with Crippen molar-refractivity contribution in [2.24, 2.45) is 5.92 Å². The van der Waals surface area contributed by atoms with Crippen molar-refractivity contribution < 1.29 is 14.7 Å². The Morgan fingerprint density at radius 3 is 2.74 bits per heavy atom. The van der Waals surface area contributed by atoms with Crippen molar-refractivity contribution in [1.82, 2.24) is 14.5 Å². The summed E-state index contributed by atoms with van der Waals surface area (Å²) in [6.07, 6.45) is 6.21. The third-order valence-corrected chi connectivity index (χ3v) is 2.85. The molecule has 6 nitrogen and oxygen atoms in total. The van der Waals surface area contributed by atoms with E-state index in [1.165, 1.54) is 6.92 Å². The van der Waals surface area contributed by atoms with Crippen molar-refractivity contribution in [2.75, 3.05) is 19.6 Å². The van der Waals surface area contributed by atoms with Gasteiger partial charge < -0.3 is 9.67 Å². The fourth-order valence-electron chi connectivity index (χ4n) is 1.91. The van der Waals surface area contributed by atoms with Gasteiger partial charge in [-0.25, -0.2) is 4.98 Å². The lowest BCUT2D eigenvalue weighted by Gasteiger charge is -2.22. The van der Waals surface area contributed by atoms with Crippen LogP contribution < -0.4 is 0 Å². The number of carbonyl (C=O) groups excluding carboxylic acids is 1. The number of aromatic nitrogens is 2. The van der Waals surface area contributed by atoms with E-state index in [1.807, 2.05) is 15.7 Å². The molecule has 0 aliphatic carbocycles. The van der Waals surface area contributed by atoms with Gasteiger partial charge in [0.15, 0.2) is 0 Å². The van der Waals surface area contributed by atoms with Crippen molar-refractivity contribution in [3.63, 3.8) is 0 Å². The lowest BCUT2D eigenvalue weighted by molar-refractivity contribution is -0.142. The molecule has 0 aromatic carbocycles. The van der Waals surface area contributed by atoms with Crippen molar-refractivity contribution in [2.45, 2.75) is 26.8 Å². The predicted octanol–water partition coefficient (Wildman–Crippen LogP) is 0.885. The highest BCUT2D eigenvalue weighted by Crippen LogP contribution is 2.03. The normalized spacial score (nSPS) is 12.6. The number of rotatable bonds is 9. The molecule has 0 radical (unpaired) electrons. The molecule has 0 aliphatic heterocycles. The van der Waals surface area contributed by atoms with E-state index in [2.05, 4.69) is 4.98 Å². The molecule has 0 aliphatic rings. The van der Waals surface area contributed by atoms with Crippen LogP contribution in [0.4, 0.5) is 0 Å². The largest absolute Gasteiger partial charge is 0.481 e. The number of aryl methyl sites for hydroxylation is 1. The summed E-state index contributed by atoms with van der Waals surface area (Å²) in [5.41, 5.74) is 0. The van der Waals surface area contributed by atoms with Crippen LogP contribution in [0.25, 0.3) is 0 Å². The summed E-state index contributed by atoms with van der Waals surface area (Å²) >= 11 is 0. The summed E-state index contributed by atoms with van der Waals surface area (Å²) in [5.74, 6) is -1.24. The van der Waals surface area contributed by atoms with E-state index in [0.29, 0.717) is 19.6 Å². The third-order valence-electron chi connectivity index (χ3n) is 2.85. The standard InChI is InChI=1S/C13H21N3O3/c1-11(13(18)19)8-16(9-12(2)17)6-3-5-15-7-4-14-10-15/h4,7,10-11H,3,5-6,8-9H2,1-2H3,(H,18,19). The van der Waals surface area contributed by atoms with Crippen LogP contribution in [0.3, 0.4) is 0 Å². The molecule has 0 spiro atoms. The molecule has 1 rings (SSSR count). The van der Waals surface area contributed by atoms with Crippen molar-refractivity contribution >= 4 is 11.8 Å². The minimum Gasteiger partial charge on any atom is -0.481 e. The lowest BCUT2D eigenvalue weighted by atomic mass is 10.1. The maximum absolute atomic E-state index is 11.2. The molecule has 106 valence electrons. The molecule has 6 heteroatoms. The Hall–Kier alpha value is -1.69. The van der Waals surface area contributed by atoms with Crippen molar-refractivity contribution in [1.29, 1.82) is 0 Å². The fraction of sp³-hybridized carbons (Fsp3) is 0.615. The van der Waals surface area contributed by atoms with Crippen LogP contribution in [0.5, 0.6) is 0 Å². The lowest BCUT2D eigenvalue weighted by Crippen LogP contribution is -2.36. The number of carbonyl (C=O) groups is 2. The zero-order valence-corrected chi connectivity index (χ0v) is 11.5. The molecule has 1 N–H and O–H groups in total. The van der Waals surface area contributed by atoms with Gasteiger partial charge >= 0.3 is 5.97 Å². The van der Waals surface area contributed by atoms with E-state index in [4.69, 9.17) is 5.11 Å². The van der Waals surface area contributed by atoms with Gasteiger partial charge in [-0.3, -0.25) is 14.5 Å². The van der Waals surface area contributed by atoms with Crippen LogP contribution >= 0.6 is 0 Å². The molecule has 1 aromatic rings. The molecule has 0 saturated heterocycles. The average molecular weight is 267 g/mol. The minimum absolute atomic E-state index is 0.0558. The number of nitrogens with zero attached hydrogens (tertiary/aromatic N) is 3. The Morgan fingerprint density at radius 2 is 2.21 bits per heavy atom. The monoisotopic (exact) mass is 267 g/mol. The Bertz CT molecular complexity index is 403. The molecule has 0 bridgehead atoms. The van der Waals surface area contributed by atoms with E-state index in [1.54, 1.807) is 19.4 Å². The van der Waals surface area contributed by atoms with E-state index >= 15 is 0 Å². The van der Waals surface area contributed by atoms with Gasteiger partial charge in [-0.2, -0.15) is 0 Å². The van der Waals surface area contributed by atoms with E-state index < -0.39 is 11.9 Å². The van der Waals surface area contributed by atoms with Gasteiger partial charge in [0.2, 0.25) is 0 Å². The molecule has 1 heterocycles. The predicted molar refractivity (Wildman–Crippen MR) is 70.8 cm³/mol. The number of carboxylic acid groups (broad SMARTS) is 1. The van der Waals surface area contributed by atoms with Crippen LogP contribution in [0.2, 0.25) is 0 Å². The zero-order chi connectivity index (χ0) is 14.3. The molecule has 0 saturated carbocycles. The Morgan fingerprint density at radius 1 is 1.47 bits per heavy atom. The number of aliphatic carboxylic acids is 1. The second-order valence-corrected chi connectivity index (χ2v) is 4.83. The number of imidazole rings is 1. The number of hydrogen-bond acceptors (Lipinski definition) is 4. The van der Waals surface area contributed by atoms with Crippen molar-refractivity contribution in [3.05, 3.63) is 18.7 Å². The summed E-state index contributed by atoms with van der Waals surface area (Å²) in [5, 5.41) is 8.92. The molecular formula is C13H21N3O3. The topological polar surface area (TPSA) is 75.4 Å². The third kappa shape index (κ3) is 6.15. The van der Waals surface area contributed by atoms with Crippen molar-refractivity contribution in [3.8, 4) is 0 Å². The minimum atomic E-state index is -0.830. The molecule has 19 heavy (non-hydrogen) atoms. The number of ketones is 1. The summed E-state index contributed by atoms with van der Waals surface area (Å²) in [6, 6.07) is 0. The smallest absolute Gasteiger partial charge is 0.307 e. The summed E-state index contributed by atoms with van der Waals surface area (Å²) in [7, 11) is 0. The first-order chi connectivity index (χ1) is 8.99. The highest BCUT2D eigenvalue weighted by Gasteiger charge is 2.16. The van der Waals surface area contributed by atoms with E-state index in [0.717, 1.165) is 13.0 Å². The molecule has 1 unspecified atom stereocenters. The van der Waals surface area contributed by atoms with Gasteiger partial charge in [0.05, 0.1) is 18.8 Å². The van der Waals surface area contributed by atoms with Gasteiger partial charge in [-0.15, -0.1) is 0 Å². The maximum Gasteiger partial charge on any atom is 0.307 e. The Labute approximate surface area is 113 Å². The highest BCUT2D eigenvalue weighted by atomic mass is 16.4. The second-order valence-electron chi connectivity index (χ2n) is 4.83. The molecule has 1 atom stereocenters. The van der Waals surface area contributed by atoms with Crippen LogP contribution in [0.1, 0.15) is 20.3 Å². The van der Waals surface area contributed by atoms with Crippen LogP contribution in [0, 0.1) is 5.92 Å². The van der Waals surface area contributed by atoms with E-state index in [9.17, 15) is 9.59 Å². The summed E-state index contributed by atoms with van der Waals surface area (Å²) in [4.78, 5) is 27.9.